The molecule has 4 heteroatoms. The maximum Gasteiger partial charge on any atom is 0.294 e. The zero-order chi connectivity index (χ0) is 12.6. The molecule has 0 saturated heterocycles. The zero-order valence-corrected chi connectivity index (χ0v) is 10.3. The van der Waals surface area contributed by atoms with Gasteiger partial charge in [0.2, 0.25) is 0 Å². The molecule has 0 unspecified atom stereocenters. The van der Waals surface area contributed by atoms with Crippen LogP contribution < -0.4 is 0 Å². The Labute approximate surface area is 97.3 Å². The second-order valence-electron chi connectivity index (χ2n) is 3.25. The monoisotopic (exact) mass is 240 g/mol. The molecule has 1 aromatic carbocycles. The van der Waals surface area contributed by atoms with Crippen molar-refractivity contribution in [2.24, 2.45) is 0 Å². The van der Waals surface area contributed by atoms with Crippen molar-refractivity contribution in [3.63, 3.8) is 0 Å². The largest absolute Gasteiger partial charge is 0.294 e. The summed E-state index contributed by atoms with van der Waals surface area (Å²) in [5.41, 5.74) is 0.806. The van der Waals surface area contributed by atoms with Gasteiger partial charge in [-0.05, 0) is 31.0 Å². The van der Waals surface area contributed by atoms with E-state index in [1.807, 2.05) is 0 Å². The first-order chi connectivity index (χ1) is 7.41. The summed E-state index contributed by atoms with van der Waals surface area (Å²) in [6.45, 7) is 3.83. The van der Waals surface area contributed by atoms with Crippen LogP contribution in [0.2, 0.25) is 0 Å². The van der Waals surface area contributed by atoms with Crippen LogP contribution in [0, 0.1) is 19.3 Å². The van der Waals surface area contributed by atoms with Gasteiger partial charge in [0.05, 0.1) is 4.90 Å². The van der Waals surface area contributed by atoms with E-state index in [0.717, 1.165) is 18.4 Å². The molecule has 0 amide bonds. The van der Waals surface area contributed by atoms with Gasteiger partial charge in [0.15, 0.2) is 0 Å². The Hall–Kier alpha value is -1.31. The van der Waals surface area contributed by atoms with Gasteiger partial charge in [-0.25, -0.2) is 0 Å². The maximum absolute atomic E-state index is 10.5. The lowest BCUT2D eigenvalue weighted by atomic mass is 10.2. The number of benzene rings is 1. The molecule has 0 bridgehead atoms. The summed E-state index contributed by atoms with van der Waals surface area (Å²) in [5, 5.41) is 0. The SMILES string of the molecule is C#CCCC.Cc1cccc(S(=O)(=O)O)c1. The Morgan fingerprint density at radius 2 is 2.06 bits per heavy atom. The second-order valence-corrected chi connectivity index (χ2v) is 4.67. The van der Waals surface area contributed by atoms with Gasteiger partial charge >= 0.3 is 0 Å². The van der Waals surface area contributed by atoms with Crippen molar-refractivity contribution in [3.8, 4) is 12.3 Å². The molecule has 1 aromatic rings. The van der Waals surface area contributed by atoms with Crippen LogP contribution >= 0.6 is 0 Å². The van der Waals surface area contributed by atoms with Crippen LogP contribution in [0.4, 0.5) is 0 Å². The Balaban J connectivity index is 0.000000385. The third-order valence-corrected chi connectivity index (χ3v) is 2.53. The standard InChI is InChI=1S/C7H8O3S.C5H8/c1-6-3-2-4-7(5-6)11(8,9)10;1-3-5-4-2/h2-5H,1H3,(H,8,9,10);1H,4-5H2,2H3. The van der Waals surface area contributed by atoms with E-state index >= 15 is 0 Å². The fourth-order valence-corrected chi connectivity index (χ4v) is 1.51. The first kappa shape index (κ1) is 14.7. The molecule has 3 nitrogen and oxygen atoms in total. The van der Waals surface area contributed by atoms with E-state index in [9.17, 15) is 8.42 Å². The maximum atomic E-state index is 10.5. The summed E-state index contributed by atoms with van der Waals surface area (Å²) in [5.74, 6) is 2.52. The van der Waals surface area contributed by atoms with Crippen molar-refractivity contribution < 1.29 is 13.0 Å². The molecule has 0 atom stereocenters. The minimum atomic E-state index is -4.03. The van der Waals surface area contributed by atoms with Crippen LogP contribution in [0.1, 0.15) is 25.3 Å². The Kier molecular flexibility index (Phi) is 6.47. The van der Waals surface area contributed by atoms with Crippen molar-refractivity contribution in [2.75, 3.05) is 0 Å². The van der Waals surface area contributed by atoms with Crippen LogP contribution in [0.15, 0.2) is 29.2 Å². The minimum absolute atomic E-state index is 0.0579. The summed E-state index contributed by atoms with van der Waals surface area (Å²) < 4.78 is 29.7. The third kappa shape index (κ3) is 6.23. The van der Waals surface area contributed by atoms with E-state index in [0.29, 0.717) is 0 Å². The highest BCUT2D eigenvalue weighted by molar-refractivity contribution is 7.85. The molecule has 0 aromatic heterocycles. The number of hydrogen-bond acceptors (Lipinski definition) is 2. The predicted molar refractivity (Wildman–Crippen MR) is 64.7 cm³/mol. The highest BCUT2D eigenvalue weighted by atomic mass is 32.2. The fraction of sp³-hybridized carbons (Fsp3) is 0.333. The van der Waals surface area contributed by atoms with E-state index in [4.69, 9.17) is 11.0 Å². The smallest absolute Gasteiger partial charge is 0.282 e. The molecule has 0 heterocycles. The van der Waals surface area contributed by atoms with Crippen molar-refractivity contribution in [1.82, 2.24) is 0 Å². The topological polar surface area (TPSA) is 54.4 Å². The molecular weight excluding hydrogens is 224 g/mol. The molecule has 0 aliphatic rings. The van der Waals surface area contributed by atoms with Gasteiger partial charge in [-0.2, -0.15) is 8.42 Å². The highest BCUT2D eigenvalue weighted by Gasteiger charge is 2.07. The Bertz CT molecular complexity index is 455. The highest BCUT2D eigenvalue weighted by Crippen LogP contribution is 2.09. The molecule has 1 N–H and O–H groups in total. The molecule has 0 radical (unpaired) electrons. The quantitative estimate of drug-likeness (QED) is 0.638. The van der Waals surface area contributed by atoms with E-state index in [-0.39, 0.29) is 4.90 Å². The molecular formula is C12H16O3S. The van der Waals surface area contributed by atoms with Crippen LogP contribution in [-0.2, 0) is 10.1 Å². The van der Waals surface area contributed by atoms with E-state index in [2.05, 4.69) is 12.8 Å². The fourth-order valence-electron chi connectivity index (χ4n) is 0.920. The first-order valence-electron chi connectivity index (χ1n) is 4.89. The number of terminal acetylenes is 1. The average molecular weight is 240 g/mol. The number of hydrogen-bond donors (Lipinski definition) is 1. The van der Waals surface area contributed by atoms with E-state index in [1.165, 1.54) is 12.1 Å². The van der Waals surface area contributed by atoms with Gasteiger partial charge in [-0.15, -0.1) is 12.3 Å². The molecule has 0 saturated carbocycles. The van der Waals surface area contributed by atoms with E-state index in [1.54, 1.807) is 19.1 Å². The summed E-state index contributed by atoms with van der Waals surface area (Å²) in [6, 6.07) is 6.10. The lowest BCUT2D eigenvalue weighted by Crippen LogP contribution is -1.97. The number of rotatable bonds is 2. The van der Waals surface area contributed by atoms with Crippen molar-refractivity contribution >= 4 is 10.1 Å². The van der Waals surface area contributed by atoms with Gasteiger partial charge in [0.1, 0.15) is 0 Å². The molecule has 1 rings (SSSR count). The van der Waals surface area contributed by atoms with Crippen molar-refractivity contribution in [2.45, 2.75) is 31.6 Å². The Morgan fingerprint density at radius 3 is 2.31 bits per heavy atom. The summed E-state index contributed by atoms with van der Waals surface area (Å²) in [4.78, 5) is -0.0579. The lowest BCUT2D eigenvalue weighted by molar-refractivity contribution is 0.483. The van der Waals surface area contributed by atoms with Crippen LogP contribution in [0.3, 0.4) is 0 Å². The molecule has 16 heavy (non-hydrogen) atoms. The van der Waals surface area contributed by atoms with Crippen LogP contribution in [0.5, 0.6) is 0 Å². The van der Waals surface area contributed by atoms with Crippen molar-refractivity contribution in [3.05, 3.63) is 29.8 Å². The van der Waals surface area contributed by atoms with Gasteiger partial charge in [0.25, 0.3) is 10.1 Å². The van der Waals surface area contributed by atoms with Crippen LogP contribution in [-0.4, -0.2) is 13.0 Å². The summed E-state index contributed by atoms with van der Waals surface area (Å²) in [6.07, 6.45) is 6.91. The minimum Gasteiger partial charge on any atom is -0.282 e. The summed E-state index contributed by atoms with van der Waals surface area (Å²) >= 11 is 0. The summed E-state index contributed by atoms with van der Waals surface area (Å²) in [7, 11) is -4.03. The number of aryl methyl sites for hydroxylation is 1. The van der Waals surface area contributed by atoms with Gasteiger partial charge in [0, 0.05) is 6.42 Å². The lowest BCUT2D eigenvalue weighted by Gasteiger charge is -1.96. The number of unbranched alkanes of at least 4 members (excludes halogenated alkanes) is 1. The predicted octanol–water partition coefficient (Wildman–Crippen LogP) is 2.66. The molecule has 88 valence electrons. The van der Waals surface area contributed by atoms with E-state index < -0.39 is 10.1 Å². The average Bonchev–Trinajstić information content (AvgIpc) is 2.18. The van der Waals surface area contributed by atoms with Gasteiger partial charge in [-0.1, -0.05) is 19.1 Å². The zero-order valence-electron chi connectivity index (χ0n) is 9.47. The van der Waals surface area contributed by atoms with Gasteiger partial charge < -0.3 is 0 Å². The second kappa shape index (κ2) is 7.04. The Morgan fingerprint density at radius 1 is 1.44 bits per heavy atom. The normalized spacial score (nSPS) is 9.88. The first-order valence-corrected chi connectivity index (χ1v) is 6.33. The van der Waals surface area contributed by atoms with Crippen molar-refractivity contribution in [1.29, 1.82) is 0 Å². The van der Waals surface area contributed by atoms with Gasteiger partial charge in [-0.3, -0.25) is 4.55 Å². The van der Waals surface area contributed by atoms with Crippen LogP contribution in [0.25, 0.3) is 0 Å². The third-order valence-electron chi connectivity index (χ3n) is 1.68. The molecule has 0 fully saturated rings. The molecule has 0 aliphatic heterocycles. The molecule has 0 aliphatic carbocycles. The molecule has 0 spiro atoms.